The van der Waals surface area contributed by atoms with Crippen molar-refractivity contribution in [3.05, 3.63) is 34.1 Å². The molecule has 0 fully saturated rings. The number of hydrogen-bond donors (Lipinski definition) is 0. The number of rotatable bonds is 4. The molecule has 16 heavy (non-hydrogen) atoms. The fourth-order valence-electron chi connectivity index (χ4n) is 1.61. The van der Waals surface area contributed by atoms with Crippen LogP contribution in [0.15, 0.2) is 18.2 Å². The number of nitro benzene ring substituents is 1. The average molecular weight is 226 g/mol. The highest BCUT2D eigenvalue weighted by molar-refractivity contribution is 5.62. The predicted molar refractivity (Wildman–Crippen MR) is 61.2 cm³/mol. The lowest BCUT2D eigenvalue weighted by atomic mass is 10.2. The first-order valence-corrected chi connectivity index (χ1v) is 5.07. The summed E-state index contributed by atoms with van der Waals surface area (Å²) >= 11 is 0. The Labute approximate surface area is 93.8 Å². The van der Waals surface area contributed by atoms with Gasteiger partial charge < -0.3 is 4.90 Å². The zero-order chi connectivity index (χ0) is 12.3. The molecule has 0 atom stereocenters. The minimum absolute atomic E-state index is 0.192. The molecule has 0 spiro atoms. The molecule has 0 heterocycles. The molecule has 0 radical (unpaired) electrons. The minimum Gasteiger partial charge on any atom is -0.369 e. The van der Waals surface area contributed by atoms with E-state index in [0.717, 1.165) is 6.07 Å². The van der Waals surface area contributed by atoms with Gasteiger partial charge in [-0.2, -0.15) is 0 Å². The van der Waals surface area contributed by atoms with Crippen molar-refractivity contribution >= 4 is 11.4 Å². The molecule has 5 heteroatoms. The van der Waals surface area contributed by atoms with E-state index >= 15 is 0 Å². The Kier molecular flexibility index (Phi) is 3.82. The van der Waals surface area contributed by atoms with Crippen LogP contribution in [0.25, 0.3) is 0 Å². The van der Waals surface area contributed by atoms with E-state index in [4.69, 9.17) is 0 Å². The average Bonchev–Trinajstić information content (AvgIpc) is 2.16. The second kappa shape index (κ2) is 4.92. The van der Waals surface area contributed by atoms with E-state index in [-0.39, 0.29) is 5.69 Å². The molecule has 1 rings (SSSR count). The molecule has 0 saturated carbocycles. The third kappa shape index (κ3) is 2.92. The highest BCUT2D eigenvalue weighted by atomic mass is 19.1. The predicted octanol–water partition coefficient (Wildman–Crippen LogP) is 2.83. The lowest BCUT2D eigenvalue weighted by Crippen LogP contribution is -2.23. The van der Waals surface area contributed by atoms with Crippen LogP contribution in [0.1, 0.15) is 13.8 Å². The topological polar surface area (TPSA) is 46.4 Å². The zero-order valence-corrected chi connectivity index (χ0v) is 9.61. The summed E-state index contributed by atoms with van der Waals surface area (Å²) in [4.78, 5) is 12.0. The van der Waals surface area contributed by atoms with Crippen molar-refractivity contribution in [1.82, 2.24) is 0 Å². The van der Waals surface area contributed by atoms with Gasteiger partial charge in [-0.05, 0) is 18.1 Å². The number of nitro groups is 1. The van der Waals surface area contributed by atoms with Crippen molar-refractivity contribution in [3.8, 4) is 0 Å². The summed E-state index contributed by atoms with van der Waals surface area (Å²) in [5.74, 6) is -0.206. The van der Waals surface area contributed by atoms with Crippen LogP contribution in [-0.4, -0.2) is 18.5 Å². The van der Waals surface area contributed by atoms with Crippen molar-refractivity contribution < 1.29 is 9.31 Å². The number of anilines is 1. The molecule has 0 N–H and O–H groups in total. The van der Waals surface area contributed by atoms with Gasteiger partial charge in [-0.1, -0.05) is 13.8 Å². The molecule has 1 aromatic carbocycles. The van der Waals surface area contributed by atoms with Crippen molar-refractivity contribution in [3.63, 3.8) is 0 Å². The van der Waals surface area contributed by atoms with Gasteiger partial charge in [-0.15, -0.1) is 0 Å². The lowest BCUT2D eigenvalue weighted by molar-refractivity contribution is -0.384. The Morgan fingerprint density at radius 2 is 2.12 bits per heavy atom. The molecule has 0 amide bonds. The first-order chi connectivity index (χ1) is 7.41. The molecule has 0 aromatic heterocycles. The monoisotopic (exact) mass is 226 g/mol. The Bertz CT molecular complexity index is 394. The maximum atomic E-state index is 12.9. The Morgan fingerprint density at radius 1 is 1.50 bits per heavy atom. The fourth-order valence-corrected chi connectivity index (χ4v) is 1.61. The van der Waals surface area contributed by atoms with Crippen LogP contribution in [-0.2, 0) is 0 Å². The Hall–Kier alpha value is -1.65. The normalized spacial score (nSPS) is 10.6. The van der Waals surface area contributed by atoms with Gasteiger partial charge in [0.15, 0.2) is 0 Å². The molecule has 0 aliphatic carbocycles. The number of benzene rings is 1. The van der Waals surface area contributed by atoms with E-state index in [1.807, 2.05) is 13.8 Å². The van der Waals surface area contributed by atoms with Crippen molar-refractivity contribution in [2.24, 2.45) is 5.92 Å². The summed E-state index contributed by atoms with van der Waals surface area (Å²) in [6, 6.07) is 3.63. The van der Waals surface area contributed by atoms with Crippen molar-refractivity contribution in [1.29, 1.82) is 0 Å². The molecule has 0 aliphatic rings. The second-order valence-corrected chi connectivity index (χ2v) is 4.16. The van der Waals surface area contributed by atoms with Crippen molar-refractivity contribution in [2.75, 3.05) is 18.5 Å². The van der Waals surface area contributed by atoms with E-state index in [1.54, 1.807) is 11.9 Å². The van der Waals surface area contributed by atoms with E-state index in [9.17, 15) is 14.5 Å². The first kappa shape index (κ1) is 12.4. The van der Waals surface area contributed by atoms with Crippen LogP contribution in [0.3, 0.4) is 0 Å². The summed E-state index contributed by atoms with van der Waals surface area (Å²) in [6.07, 6.45) is 0. The van der Waals surface area contributed by atoms with Crippen LogP contribution in [0.5, 0.6) is 0 Å². The molecule has 0 saturated heterocycles. The minimum atomic E-state index is -0.589. The second-order valence-electron chi connectivity index (χ2n) is 4.16. The molecule has 1 aromatic rings. The van der Waals surface area contributed by atoms with Crippen LogP contribution >= 0.6 is 0 Å². The smallest absolute Gasteiger partial charge is 0.295 e. The third-order valence-corrected chi connectivity index (χ3v) is 2.18. The SMILES string of the molecule is CC(C)CN(C)c1ccc(F)cc1[N+](=O)[O-]. The van der Waals surface area contributed by atoms with E-state index in [0.29, 0.717) is 18.2 Å². The molecule has 0 aliphatic heterocycles. The third-order valence-electron chi connectivity index (χ3n) is 2.18. The van der Waals surface area contributed by atoms with Gasteiger partial charge in [0.2, 0.25) is 0 Å². The van der Waals surface area contributed by atoms with Crippen LogP contribution < -0.4 is 4.90 Å². The zero-order valence-electron chi connectivity index (χ0n) is 9.61. The number of hydrogen-bond acceptors (Lipinski definition) is 3. The highest BCUT2D eigenvalue weighted by Gasteiger charge is 2.18. The summed E-state index contributed by atoms with van der Waals surface area (Å²) in [5, 5.41) is 10.8. The summed E-state index contributed by atoms with van der Waals surface area (Å²) in [5.41, 5.74) is 0.253. The Balaban J connectivity index is 3.07. The first-order valence-electron chi connectivity index (χ1n) is 5.07. The molecule has 88 valence electrons. The quantitative estimate of drug-likeness (QED) is 0.585. The largest absolute Gasteiger partial charge is 0.369 e. The molecular weight excluding hydrogens is 211 g/mol. The van der Waals surface area contributed by atoms with Gasteiger partial charge in [0.05, 0.1) is 11.0 Å². The lowest BCUT2D eigenvalue weighted by Gasteiger charge is -2.21. The van der Waals surface area contributed by atoms with E-state index in [2.05, 4.69) is 0 Å². The number of nitrogens with zero attached hydrogens (tertiary/aromatic N) is 2. The molecular formula is C11H15FN2O2. The molecule has 0 unspecified atom stereocenters. The van der Waals surface area contributed by atoms with Crippen molar-refractivity contribution in [2.45, 2.75) is 13.8 Å². The van der Waals surface area contributed by atoms with Gasteiger partial charge in [-0.25, -0.2) is 4.39 Å². The molecule has 0 bridgehead atoms. The summed E-state index contributed by atoms with van der Waals surface area (Å²) < 4.78 is 12.9. The summed E-state index contributed by atoms with van der Waals surface area (Å²) in [7, 11) is 1.76. The van der Waals surface area contributed by atoms with E-state index < -0.39 is 10.7 Å². The van der Waals surface area contributed by atoms with Crippen LogP contribution in [0, 0.1) is 21.8 Å². The van der Waals surface area contributed by atoms with Gasteiger partial charge >= 0.3 is 0 Å². The molecule has 4 nitrogen and oxygen atoms in total. The van der Waals surface area contributed by atoms with Gasteiger partial charge in [0, 0.05) is 13.6 Å². The summed E-state index contributed by atoms with van der Waals surface area (Å²) in [6.45, 7) is 4.73. The maximum Gasteiger partial charge on any atom is 0.295 e. The van der Waals surface area contributed by atoms with Crippen LogP contribution in [0.4, 0.5) is 15.8 Å². The van der Waals surface area contributed by atoms with Gasteiger partial charge in [-0.3, -0.25) is 10.1 Å². The van der Waals surface area contributed by atoms with Gasteiger partial charge in [0.1, 0.15) is 11.5 Å². The van der Waals surface area contributed by atoms with Gasteiger partial charge in [0.25, 0.3) is 5.69 Å². The Morgan fingerprint density at radius 3 is 2.62 bits per heavy atom. The standard InChI is InChI=1S/C11H15FN2O2/c1-8(2)7-13(3)10-5-4-9(12)6-11(10)14(15)16/h4-6,8H,7H2,1-3H3. The van der Waals surface area contributed by atoms with Crippen LogP contribution in [0.2, 0.25) is 0 Å². The highest BCUT2D eigenvalue weighted by Crippen LogP contribution is 2.28. The van der Waals surface area contributed by atoms with E-state index in [1.165, 1.54) is 12.1 Å². The fraction of sp³-hybridized carbons (Fsp3) is 0.455. The maximum absolute atomic E-state index is 12.9. The number of halogens is 1.